The van der Waals surface area contributed by atoms with Crippen molar-refractivity contribution in [3.8, 4) is 0 Å². The molecule has 0 heterocycles. The standard InChI is InChI=1S/C75H128O6/c1-4-7-10-13-16-19-22-25-28-30-32-33-34-35-36-37-38-39-40-41-42-43-44-46-47-50-53-56-59-62-65-68-74(77)80-71-72(70-79-73(76)67-64-61-58-55-52-49-27-24-21-18-15-12-9-6-3)81-75(78)69-66-63-60-57-54-51-48-45-31-29-26-23-20-17-14-11-8-5-2/h7,10,15-16,18-19,24-25,27-28,32-33,35-36,38-39,41-42,72H,4-6,8-9,11-14,17,20-23,26,29-31,34,37,40,43-71H2,1-3H3/b10-7-,18-15-,19-16-,27-24-,28-25-,33-32-,36-35-,39-38-,42-41-. The lowest BCUT2D eigenvalue weighted by Crippen LogP contribution is -2.30. The highest BCUT2D eigenvalue weighted by atomic mass is 16.6. The Labute approximate surface area is 501 Å². The maximum atomic E-state index is 12.9. The molecule has 0 saturated heterocycles. The SMILES string of the molecule is CC/C=C\C/C=C\C/C=C\C/C=C\C/C=C\C/C=C\C/C=C\CCCCCCCCCCCC(=O)OCC(COC(=O)CCCCCCC/C=C\C/C=C\CCCC)OC(=O)CCCCCCCCCCCCCCCCCCCC. The van der Waals surface area contributed by atoms with Crippen molar-refractivity contribution < 1.29 is 28.6 Å². The molecule has 0 bridgehead atoms. The van der Waals surface area contributed by atoms with Gasteiger partial charge in [-0.05, 0) is 103 Å². The summed E-state index contributed by atoms with van der Waals surface area (Å²) in [5.41, 5.74) is 0. The molecule has 0 aromatic rings. The molecule has 0 spiro atoms. The Bertz CT molecular complexity index is 1620. The lowest BCUT2D eigenvalue weighted by molar-refractivity contribution is -0.167. The van der Waals surface area contributed by atoms with Gasteiger partial charge in [0.1, 0.15) is 13.2 Å². The molecule has 0 rings (SSSR count). The number of ether oxygens (including phenoxy) is 3. The van der Waals surface area contributed by atoms with Crippen LogP contribution in [0.3, 0.4) is 0 Å². The van der Waals surface area contributed by atoms with E-state index in [2.05, 4.69) is 130 Å². The van der Waals surface area contributed by atoms with E-state index in [1.165, 1.54) is 161 Å². The van der Waals surface area contributed by atoms with Crippen LogP contribution in [-0.2, 0) is 28.6 Å². The topological polar surface area (TPSA) is 78.9 Å². The molecule has 0 fully saturated rings. The third-order valence-corrected chi connectivity index (χ3v) is 14.8. The average molecular weight is 1130 g/mol. The molecule has 0 aliphatic rings. The molecule has 0 amide bonds. The minimum Gasteiger partial charge on any atom is -0.462 e. The fraction of sp³-hybridized carbons (Fsp3) is 0.720. The van der Waals surface area contributed by atoms with Gasteiger partial charge in [-0.3, -0.25) is 14.4 Å². The van der Waals surface area contributed by atoms with Crippen LogP contribution in [0, 0.1) is 0 Å². The van der Waals surface area contributed by atoms with Crippen LogP contribution in [0.25, 0.3) is 0 Å². The highest BCUT2D eigenvalue weighted by molar-refractivity contribution is 5.71. The Kier molecular flexibility index (Phi) is 65.2. The van der Waals surface area contributed by atoms with Crippen LogP contribution in [0.5, 0.6) is 0 Å². The first-order valence-corrected chi connectivity index (χ1v) is 34.4. The molecular weight excluding hydrogens is 997 g/mol. The summed E-state index contributed by atoms with van der Waals surface area (Å²) in [5, 5.41) is 0. The number of carbonyl (C=O) groups is 3. The lowest BCUT2D eigenvalue weighted by atomic mass is 10.0. The van der Waals surface area contributed by atoms with E-state index in [9.17, 15) is 14.4 Å². The van der Waals surface area contributed by atoms with Crippen LogP contribution in [0.15, 0.2) is 109 Å². The van der Waals surface area contributed by atoms with E-state index in [0.717, 1.165) is 128 Å². The molecule has 0 radical (unpaired) electrons. The van der Waals surface area contributed by atoms with Crippen molar-refractivity contribution >= 4 is 17.9 Å². The Hall–Kier alpha value is -3.93. The van der Waals surface area contributed by atoms with Gasteiger partial charge in [-0.25, -0.2) is 0 Å². The van der Waals surface area contributed by atoms with Gasteiger partial charge in [0.15, 0.2) is 6.10 Å². The summed E-state index contributed by atoms with van der Waals surface area (Å²) in [6.45, 7) is 6.51. The Balaban J connectivity index is 4.30. The van der Waals surface area contributed by atoms with Crippen LogP contribution >= 0.6 is 0 Å². The van der Waals surface area contributed by atoms with Gasteiger partial charge in [-0.1, -0.05) is 316 Å². The quantitative estimate of drug-likeness (QED) is 0.0261. The summed E-state index contributed by atoms with van der Waals surface area (Å²) < 4.78 is 17.0. The summed E-state index contributed by atoms with van der Waals surface area (Å²) >= 11 is 0. The predicted molar refractivity (Wildman–Crippen MR) is 353 cm³/mol. The maximum absolute atomic E-state index is 12.9. The summed E-state index contributed by atoms with van der Waals surface area (Å²) in [7, 11) is 0. The highest BCUT2D eigenvalue weighted by Crippen LogP contribution is 2.17. The first-order chi connectivity index (χ1) is 40.0. The van der Waals surface area contributed by atoms with Crippen LogP contribution in [0.4, 0.5) is 0 Å². The minimum atomic E-state index is -0.787. The zero-order valence-electron chi connectivity index (χ0n) is 53.3. The van der Waals surface area contributed by atoms with Gasteiger partial charge in [0.2, 0.25) is 0 Å². The van der Waals surface area contributed by atoms with Crippen LogP contribution < -0.4 is 0 Å². The van der Waals surface area contributed by atoms with Crippen LogP contribution in [0.2, 0.25) is 0 Å². The van der Waals surface area contributed by atoms with Crippen molar-refractivity contribution in [2.75, 3.05) is 13.2 Å². The molecule has 1 atom stereocenters. The van der Waals surface area contributed by atoms with Crippen LogP contribution in [0.1, 0.15) is 329 Å². The van der Waals surface area contributed by atoms with Gasteiger partial charge in [0.05, 0.1) is 0 Å². The number of hydrogen-bond acceptors (Lipinski definition) is 6. The molecule has 6 heteroatoms. The Morgan fingerprint density at radius 1 is 0.259 bits per heavy atom. The van der Waals surface area contributed by atoms with Gasteiger partial charge in [-0.15, -0.1) is 0 Å². The highest BCUT2D eigenvalue weighted by Gasteiger charge is 2.19. The van der Waals surface area contributed by atoms with Gasteiger partial charge in [-0.2, -0.15) is 0 Å². The normalized spacial score (nSPS) is 12.8. The molecule has 81 heavy (non-hydrogen) atoms. The molecule has 0 aliphatic heterocycles. The van der Waals surface area contributed by atoms with Crippen molar-refractivity contribution in [3.05, 3.63) is 109 Å². The third-order valence-electron chi connectivity index (χ3n) is 14.8. The van der Waals surface area contributed by atoms with E-state index >= 15 is 0 Å². The van der Waals surface area contributed by atoms with Crippen molar-refractivity contribution in [3.63, 3.8) is 0 Å². The van der Waals surface area contributed by atoms with Gasteiger partial charge < -0.3 is 14.2 Å². The summed E-state index contributed by atoms with van der Waals surface area (Å²) in [6, 6.07) is 0. The maximum Gasteiger partial charge on any atom is 0.306 e. The molecule has 0 aromatic heterocycles. The summed E-state index contributed by atoms with van der Waals surface area (Å²) in [4.78, 5) is 38.4. The second-order valence-corrected chi connectivity index (χ2v) is 22.7. The largest absolute Gasteiger partial charge is 0.462 e. The van der Waals surface area contributed by atoms with Crippen molar-refractivity contribution in [1.29, 1.82) is 0 Å². The second-order valence-electron chi connectivity index (χ2n) is 22.7. The minimum absolute atomic E-state index is 0.0835. The molecule has 1 unspecified atom stereocenters. The fourth-order valence-electron chi connectivity index (χ4n) is 9.62. The molecule has 0 saturated carbocycles. The smallest absolute Gasteiger partial charge is 0.306 e. The van der Waals surface area contributed by atoms with E-state index in [1.807, 2.05) is 0 Å². The van der Waals surface area contributed by atoms with Crippen molar-refractivity contribution in [1.82, 2.24) is 0 Å². The number of rotatable bonds is 62. The van der Waals surface area contributed by atoms with Crippen molar-refractivity contribution in [2.24, 2.45) is 0 Å². The summed E-state index contributed by atoms with van der Waals surface area (Å²) in [6.07, 6.45) is 93.9. The van der Waals surface area contributed by atoms with Gasteiger partial charge in [0, 0.05) is 19.3 Å². The second kappa shape index (κ2) is 68.6. The fourth-order valence-corrected chi connectivity index (χ4v) is 9.62. The zero-order valence-corrected chi connectivity index (χ0v) is 53.3. The number of carbonyl (C=O) groups excluding carboxylic acids is 3. The van der Waals surface area contributed by atoms with E-state index in [0.29, 0.717) is 19.3 Å². The van der Waals surface area contributed by atoms with E-state index in [1.54, 1.807) is 0 Å². The Morgan fingerprint density at radius 2 is 0.494 bits per heavy atom. The number of esters is 3. The zero-order chi connectivity index (χ0) is 58.5. The van der Waals surface area contributed by atoms with E-state index < -0.39 is 6.10 Å². The first kappa shape index (κ1) is 77.1. The molecule has 0 N–H and O–H groups in total. The predicted octanol–water partition coefficient (Wildman–Crippen LogP) is 23.8. The van der Waals surface area contributed by atoms with E-state index in [-0.39, 0.29) is 31.1 Å². The number of unbranched alkanes of at least 4 members (excludes halogenated alkanes) is 33. The summed E-state index contributed by atoms with van der Waals surface area (Å²) in [5.74, 6) is -0.889. The molecule has 0 aromatic carbocycles. The van der Waals surface area contributed by atoms with Crippen molar-refractivity contribution in [2.45, 2.75) is 335 Å². The monoisotopic (exact) mass is 1120 g/mol. The van der Waals surface area contributed by atoms with E-state index in [4.69, 9.17) is 14.2 Å². The molecular formula is C75H128O6. The third kappa shape index (κ3) is 66.8. The lowest BCUT2D eigenvalue weighted by Gasteiger charge is -2.18. The Morgan fingerprint density at radius 3 is 0.790 bits per heavy atom. The molecule has 464 valence electrons. The average Bonchev–Trinajstić information content (AvgIpc) is 3.47. The first-order valence-electron chi connectivity index (χ1n) is 34.4. The number of allylic oxidation sites excluding steroid dienone is 18. The van der Waals surface area contributed by atoms with Gasteiger partial charge >= 0.3 is 17.9 Å². The number of hydrogen-bond donors (Lipinski definition) is 0. The van der Waals surface area contributed by atoms with Crippen LogP contribution in [-0.4, -0.2) is 37.2 Å². The van der Waals surface area contributed by atoms with Gasteiger partial charge in [0.25, 0.3) is 0 Å². The molecule has 6 nitrogen and oxygen atoms in total. The molecule has 0 aliphatic carbocycles.